The van der Waals surface area contributed by atoms with Crippen LogP contribution in [-0.4, -0.2) is 17.7 Å². The van der Waals surface area contributed by atoms with Crippen LogP contribution in [-0.2, 0) is 19.3 Å². The summed E-state index contributed by atoms with van der Waals surface area (Å²) in [6.07, 6.45) is 2.32. The average molecular weight is 1550 g/mol. The summed E-state index contributed by atoms with van der Waals surface area (Å²) in [6, 6.07) is 86.0. The van der Waals surface area contributed by atoms with Crippen molar-refractivity contribution >= 4 is 50.3 Å². The van der Waals surface area contributed by atoms with Crippen molar-refractivity contribution in [2.45, 2.75) is 102 Å². The highest BCUT2D eigenvalue weighted by atomic mass is 31.2. The number of rotatable bonds is 18. The molecule has 0 amide bonds. The normalized spacial score (nSPS) is 13.0. The van der Waals surface area contributed by atoms with E-state index >= 15 is 0 Å². The molecule has 18 heteroatoms. The van der Waals surface area contributed by atoms with Gasteiger partial charge < -0.3 is 54.3 Å². The quantitative estimate of drug-likeness (QED) is 0.0763. The first-order valence-corrected chi connectivity index (χ1v) is 44.3. The highest BCUT2D eigenvalue weighted by Gasteiger charge is 2.36. The summed E-state index contributed by atoms with van der Waals surface area (Å²) in [7, 11) is -8.40. The number of para-hydroxylation sites is 12. The molecule has 0 bridgehead atoms. The molecule has 0 saturated heterocycles. The minimum Gasteiger partial charge on any atom is -0.438 e. The highest BCUT2D eigenvalue weighted by Crippen LogP contribution is 2.61. The lowest BCUT2D eigenvalue weighted by Crippen LogP contribution is -2.13. The van der Waals surface area contributed by atoms with E-state index < -0.39 is 50.3 Å². The lowest BCUT2D eigenvalue weighted by molar-refractivity contribution is 0.459. The van der Waals surface area contributed by atoms with E-state index in [4.69, 9.17) is 54.3 Å². The van der Waals surface area contributed by atoms with Gasteiger partial charge in [-0.25, -0.2) is 0 Å². The standard InChI is InChI=1S/C31H30O4P2.C30H30O4P2.C29H30O4P2/c1-20-9-5-13-24-17-25-14-6-10-21(2)29(25)33-36(32-28(20)24)19-37-34-30-22(3)11-7-15-26(30)18-27-16-8-12-23(4)31(27)35-37;1-21-11-5-7-17-27(21)31-35(32-28-18-8-6-12-22(28)2)20-36-33-29-23(3)13-9-15-25(29)19-26-16-10-14-24(4)30(26)34-36;1-22-13-5-9-17-26(22)30-34(31-27-18-10-6-14-23(27)2)21-35(32-28-19-11-7-15-24(28)3)33-29-20-12-8-16-25(29)4/h5-16H,17-19H2,1-4H3;5-18H,19-20H2,1-4H3;5-20H,21H2,1-4H3. The Morgan fingerprint density at radius 3 is 0.620 bits per heavy atom. The van der Waals surface area contributed by atoms with Crippen LogP contribution in [0.25, 0.3) is 0 Å². The van der Waals surface area contributed by atoms with Crippen LogP contribution in [0.4, 0.5) is 0 Å². The van der Waals surface area contributed by atoms with Gasteiger partial charge in [0.1, 0.15) is 86.7 Å². The van der Waals surface area contributed by atoms with E-state index in [9.17, 15) is 0 Å². The van der Waals surface area contributed by atoms with Crippen LogP contribution in [0.3, 0.4) is 0 Å². The number of benzene rings is 12. The number of aryl methyl sites for hydroxylation is 12. The van der Waals surface area contributed by atoms with Crippen LogP contribution in [0.2, 0.25) is 0 Å². The Balaban J connectivity index is 0.000000143. The van der Waals surface area contributed by atoms with Crippen molar-refractivity contribution in [1.29, 1.82) is 0 Å². The Kier molecular flexibility index (Phi) is 25.9. The number of fused-ring (bicyclic) bond motifs is 6. The molecule has 3 aliphatic heterocycles. The zero-order valence-electron chi connectivity index (χ0n) is 63.1. The van der Waals surface area contributed by atoms with Crippen molar-refractivity contribution in [3.05, 3.63) is 355 Å². The fourth-order valence-electron chi connectivity index (χ4n) is 12.5. The summed E-state index contributed by atoms with van der Waals surface area (Å²) in [5.74, 6) is 11.8. The Hall–Kier alpha value is -9.18. The van der Waals surface area contributed by atoms with E-state index in [1.54, 1.807) is 0 Å². The summed E-state index contributed by atoms with van der Waals surface area (Å²) >= 11 is 0. The molecule has 3 aliphatic rings. The van der Waals surface area contributed by atoms with Crippen molar-refractivity contribution in [3.8, 4) is 69.0 Å². The molecular weight excluding hydrogens is 1460 g/mol. The van der Waals surface area contributed by atoms with E-state index in [2.05, 4.69) is 151 Å². The van der Waals surface area contributed by atoms with E-state index in [-0.39, 0.29) is 0 Å². The molecule has 0 radical (unpaired) electrons. The van der Waals surface area contributed by atoms with Gasteiger partial charge in [0.2, 0.25) is 0 Å². The summed E-state index contributed by atoms with van der Waals surface area (Å²) in [5.41, 5.74) is 20.0. The molecule has 0 fully saturated rings. The van der Waals surface area contributed by atoms with Crippen LogP contribution in [0.5, 0.6) is 69.0 Å². The molecule has 0 aliphatic carbocycles. The molecule has 12 aromatic carbocycles. The fraction of sp³-hybridized carbons (Fsp3) is 0.200. The second kappa shape index (κ2) is 36.4. The van der Waals surface area contributed by atoms with Crippen molar-refractivity contribution < 1.29 is 54.3 Å². The van der Waals surface area contributed by atoms with Gasteiger partial charge in [-0.15, -0.1) is 0 Å². The Labute approximate surface area is 644 Å². The maximum Gasteiger partial charge on any atom is 0.302 e. The molecule has 0 saturated carbocycles. The van der Waals surface area contributed by atoms with Gasteiger partial charge in [0.15, 0.2) is 0 Å². The minimum atomic E-state index is -1.42. The van der Waals surface area contributed by atoms with Crippen LogP contribution >= 0.6 is 50.3 Å². The Bertz CT molecular complexity index is 4600. The summed E-state index contributed by atoms with van der Waals surface area (Å²) < 4.78 is 79.0. The molecule has 15 rings (SSSR count). The largest absolute Gasteiger partial charge is 0.438 e. The van der Waals surface area contributed by atoms with Gasteiger partial charge in [-0.1, -0.05) is 218 Å². The van der Waals surface area contributed by atoms with Crippen LogP contribution in [0, 0.1) is 83.1 Å². The number of hydrogen-bond donors (Lipinski definition) is 0. The predicted molar refractivity (Wildman–Crippen MR) is 446 cm³/mol. The van der Waals surface area contributed by atoms with E-state index in [1.165, 1.54) is 33.4 Å². The fourth-order valence-corrected chi connectivity index (χ4v) is 23.1. The van der Waals surface area contributed by atoms with Gasteiger partial charge in [0.25, 0.3) is 0 Å². The van der Waals surface area contributed by atoms with Gasteiger partial charge in [0, 0.05) is 19.3 Å². The van der Waals surface area contributed by atoms with E-state index in [0.717, 1.165) is 155 Å². The molecular formula is C90H90O12P6. The molecule has 0 unspecified atom stereocenters. The zero-order chi connectivity index (χ0) is 75.2. The van der Waals surface area contributed by atoms with Crippen LogP contribution in [0.1, 0.15) is 100 Å². The molecule has 12 nitrogen and oxygen atoms in total. The molecule has 3 heterocycles. The zero-order valence-corrected chi connectivity index (χ0v) is 68.4. The molecule has 0 spiro atoms. The second-order valence-electron chi connectivity index (χ2n) is 27.0. The van der Waals surface area contributed by atoms with Gasteiger partial charge in [-0.05, 0) is 220 Å². The van der Waals surface area contributed by atoms with Crippen LogP contribution in [0.15, 0.2) is 255 Å². The van der Waals surface area contributed by atoms with Gasteiger partial charge in [-0.3, -0.25) is 0 Å². The highest BCUT2D eigenvalue weighted by molar-refractivity contribution is 7.66. The molecule has 0 N–H and O–H groups in total. The molecule has 0 atom stereocenters. The maximum absolute atomic E-state index is 6.69. The lowest BCUT2D eigenvalue weighted by atomic mass is 9.99. The molecule has 0 aromatic heterocycles. The third-order valence-corrected chi connectivity index (χ3v) is 28.8. The molecule has 12 aromatic rings. The molecule has 108 heavy (non-hydrogen) atoms. The average Bonchev–Trinajstić information content (AvgIpc) is 0.797. The first-order chi connectivity index (χ1) is 52.4. The predicted octanol–water partition coefficient (Wildman–Crippen LogP) is 27.1. The third-order valence-electron chi connectivity index (χ3n) is 18.5. The van der Waals surface area contributed by atoms with E-state index in [0.29, 0.717) is 17.7 Å². The third kappa shape index (κ3) is 19.6. The molecule has 552 valence electrons. The summed E-state index contributed by atoms with van der Waals surface area (Å²) in [6.45, 7) is 24.8. The van der Waals surface area contributed by atoms with Crippen molar-refractivity contribution in [1.82, 2.24) is 0 Å². The van der Waals surface area contributed by atoms with Crippen molar-refractivity contribution in [2.75, 3.05) is 17.7 Å². The van der Waals surface area contributed by atoms with Gasteiger partial charge in [-0.2, -0.15) is 0 Å². The van der Waals surface area contributed by atoms with Crippen molar-refractivity contribution in [3.63, 3.8) is 0 Å². The van der Waals surface area contributed by atoms with E-state index in [1.807, 2.05) is 187 Å². The van der Waals surface area contributed by atoms with Crippen molar-refractivity contribution in [2.24, 2.45) is 0 Å². The summed E-state index contributed by atoms with van der Waals surface area (Å²) in [5, 5.41) is 0. The topological polar surface area (TPSA) is 111 Å². The first kappa shape index (κ1) is 77.0. The Morgan fingerprint density at radius 1 is 0.222 bits per heavy atom. The van der Waals surface area contributed by atoms with Crippen LogP contribution < -0.4 is 54.3 Å². The lowest BCUT2D eigenvalue weighted by Gasteiger charge is -2.30. The minimum absolute atomic E-state index is 0.468. The van der Waals surface area contributed by atoms with Gasteiger partial charge >= 0.3 is 50.3 Å². The SMILES string of the molecule is Cc1cccc2c1OP(CP1Oc3c(C)cccc3Cc3cccc(C)c3O1)Oc1c(C)cccc1C2.Cc1ccccc1OP(CP(Oc1ccccc1C)Oc1ccccc1C)Oc1ccccc1C.Cc1ccccc1OP(CP1Oc2c(C)cccc2Cc2cccc(C)c2O1)Oc1ccccc1C. The summed E-state index contributed by atoms with van der Waals surface area (Å²) in [4.78, 5) is 0. The first-order valence-electron chi connectivity index (χ1n) is 36.1. The number of hydrogen-bond acceptors (Lipinski definition) is 12. The Morgan fingerprint density at radius 2 is 0.407 bits per heavy atom. The maximum atomic E-state index is 6.69. The van der Waals surface area contributed by atoms with Gasteiger partial charge in [0.05, 0.1) is 0 Å². The second-order valence-corrected chi connectivity index (χ2v) is 36.6. The smallest absolute Gasteiger partial charge is 0.302 e. The monoisotopic (exact) mass is 1550 g/mol.